The second kappa shape index (κ2) is 4.67. The Labute approximate surface area is 101 Å². The molecule has 15 heavy (non-hydrogen) atoms. The zero-order chi connectivity index (χ0) is 10.8. The molecule has 0 radical (unpaired) electrons. The largest absolute Gasteiger partial charge is 0.306 e. The summed E-state index contributed by atoms with van der Waals surface area (Å²) >= 11 is 3.52. The van der Waals surface area contributed by atoms with Crippen LogP contribution in [0.2, 0.25) is 0 Å². The highest BCUT2D eigenvalue weighted by Gasteiger charge is 2.19. The summed E-state index contributed by atoms with van der Waals surface area (Å²) in [5.41, 5.74) is 2.98. The highest BCUT2D eigenvalue weighted by Crippen LogP contribution is 2.30. The van der Waals surface area contributed by atoms with Gasteiger partial charge in [0, 0.05) is 4.47 Å². The third-order valence-electron chi connectivity index (χ3n) is 3.39. The maximum absolute atomic E-state index is 3.52. The topological polar surface area (TPSA) is 3.24 Å². The fourth-order valence-corrected chi connectivity index (χ4v) is 2.89. The van der Waals surface area contributed by atoms with Gasteiger partial charge in [-0.05, 0) is 69.1 Å². The highest BCUT2D eigenvalue weighted by molar-refractivity contribution is 9.10. The smallest absolute Gasteiger partial charge is 0.0178 e. The third-order valence-corrected chi connectivity index (χ3v) is 3.88. The molecule has 0 N–H and O–H groups in total. The van der Waals surface area contributed by atoms with Crippen LogP contribution < -0.4 is 0 Å². The number of aryl methyl sites for hydroxylation is 1. The fourth-order valence-electron chi connectivity index (χ4n) is 2.42. The van der Waals surface area contributed by atoms with Gasteiger partial charge in [0.1, 0.15) is 0 Å². The third kappa shape index (κ3) is 2.61. The van der Waals surface area contributed by atoms with Crippen LogP contribution in [0.1, 0.15) is 29.9 Å². The molecule has 0 aromatic heterocycles. The molecule has 2 heteroatoms. The van der Waals surface area contributed by atoms with E-state index < -0.39 is 0 Å². The van der Waals surface area contributed by atoms with Crippen molar-refractivity contribution in [3.8, 4) is 0 Å². The summed E-state index contributed by atoms with van der Waals surface area (Å²) in [4.78, 5) is 2.42. The first-order valence-electron chi connectivity index (χ1n) is 5.61. The van der Waals surface area contributed by atoms with Crippen LogP contribution in [0, 0.1) is 6.92 Å². The Morgan fingerprint density at radius 3 is 2.53 bits per heavy atom. The molecule has 1 aromatic rings. The predicted molar refractivity (Wildman–Crippen MR) is 68.4 cm³/mol. The van der Waals surface area contributed by atoms with Crippen molar-refractivity contribution in [1.82, 2.24) is 4.90 Å². The van der Waals surface area contributed by atoms with Crippen molar-refractivity contribution in [1.29, 1.82) is 0 Å². The first kappa shape index (κ1) is 11.2. The number of rotatable bonds is 1. The molecule has 0 amide bonds. The average molecular weight is 268 g/mol. The van der Waals surface area contributed by atoms with E-state index >= 15 is 0 Å². The lowest BCUT2D eigenvalue weighted by Gasteiger charge is -2.30. The number of halogens is 1. The van der Waals surface area contributed by atoms with E-state index in [0.29, 0.717) is 0 Å². The zero-order valence-electron chi connectivity index (χ0n) is 9.46. The van der Waals surface area contributed by atoms with E-state index in [4.69, 9.17) is 0 Å². The Bertz CT molecular complexity index is 340. The van der Waals surface area contributed by atoms with Crippen LogP contribution in [0.3, 0.4) is 0 Å². The first-order chi connectivity index (χ1) is 7.16. The van der Waals surface area contributed by atoms with Crippen molar-refractivity contribution in [2.75, 3.05) is 20.1 Å². The Kier molecular flexibility index (Phi) is 3.47. The SMILES string of the molecule is Cc1cc(Br)ccc1C1CCN(C)CC1. The summed E-state index contributed by atoms with van der Waals surface area (Å²) in [5.74, 6) is 0.772. The lowest BCUT2D eigenvalue weighted by Crippen LogP contribution is -2.29. The van der Waals surface area contributed by atoms with Crippen LogP contribution in [0.15, 0.2) is 22.7 Å². The maximum atomic E-state index is 3.52. The van der Waals surface area contributed by atoms with E-state index in [-0.39, 0.29) is 0 Å². The van der Waals surface area contributed by atoms with E-state index in [1.165, 1.54) is 36.0 Å². The van der Waals surface area contributed by atoms with E-state index in [1.807, 2.05) is 0 Å². The number of hydrogen-bond acceptors (Lipinski definition) is 1. The van der Waals surface area contributed by atoms with Crippen molar-refractivity contribution in [2.24, 2.45) is 0 Å². The molecule has 1 fully saturated rings. The summed E-state index contributed by atoms with van der Waals surface area (Å²) in [6.45, 7) is 4.69. The second-order valence-electron chi connectivity index (χ2n) is 4.58. The van der Waals surface area contributed by atoms with E-state index in [0.717, 1.165) is 5.92 Å². The first-order valence-corrected chi connectivity index (χ1v) is 6.40. The number of likely N-dealkylation sites (tertiary alicyclic amines) is 1. The molecule has 1 nitrogen and oxygen atoms in total. The van der Waals surface area contributed by atoms with Gasteiger partial charge in [0.05, 0.1) is 0 Å². The molecular formula is C13H18BrN. The van der Waals surface area contributed by atoms with E-state index in [1.54, 1.807) is 5.56 Å². The van der Waals surface area contributed by atoms with E-state index in [9.17, 15) is 0 Å². The number of nitrogens with zero attached hydrogens (tertiary/aromatic N) is 1. The van der Waals surface area contributed by atoms with Gasteiger partial charge in [-0.15, -0.1) is 0 Å². The van der Waals surface area contributed by atoms with E-state index in [2.05, 4.69) is 53.0 Å². The molecule has 1 heterocycles. The minimum atomic E-state index is 0.772. The van der Waals surface area contributed by atoms with Gasteiger partial charge in [-0.1, -0.05) is 22.0 Å². The predicted octanol–water partition coefficient (Wildman–Crippen LogP) is 3.57. The molecule has 1 aliphatic heterocycles. The molecule has 0 aliphatic carbocycles. The molecule has 1 saturated heterocycles. The average Bonchev–Trinajstić information content (AvgIpc) is 2.20. The lowest BCUT2D eigenvalue weighted by atomic mass is 9.87. The van der Waals surface area contributed by atoms with Crippen LogP contribution in [-0.4, -0.2) is 25.0 Å². The molecule has 1 aliphatic rings. The van der Waals surface area contributed by atoms with Gasteiger partial charge in [-0.3, -0.25) is 0 Å². The maximum Gasteiger partial charge on any atom is 0.0178 e. The number of hydrogen-bond donors (Lipinski definition) is 0. The van der Waals surface area contributed by atoms with Gasteiger partial charge < -0.3 is 4.90 Å². The molecule has 0 spiro atoms. The quantitative estimate of drug-likeness (QED) is 0.752. The van der Waals surface area contributed by atoms with Crippen molar-refractivity contribution >= 4 is 15.9 Å². The molecule has 0 saturated carbocycles. The molecule has 0 bridgehead atoms. The minimum absolute atomic E-state index is 0.772. The second-order valence-corrected chi connectivity index (χ2v) is 5.49. The summed E-state index contributed by atoms with van der Waals surface area (Å²) in [7, 11) is 2.21. The van der Waals surface area contributed by atoms with Crippen molar-refractivity contribution in [2.45, 2.75) is 25.7 Å². The summed E-state index contributed by atoms with van der Waals surface area (Å²) in [6.07, 6.45) is 2.61. The Hall–Kier alpha value is -0.340. The van der Waals surface area contributed by atoms with Crippen LogP contribution in [-0.2, 0) is 0 Å². The van der Waals surface area contributed by atoms with Crippen LogP contribution >= 0.6 is 15.9 Å². The number of benzene rings is 1. The van der Waals surface area contributed by atoms with Gasteiger partial charge in [0.15, 0.2) is 0 Å². The van der Waals surface area contributed by atoms with Gasteiger partial charge >= 0.3 is 0 Å². The van der Waals surface area contributed by atoms with Crippen molar-refractivity contribution < 1.29 is 0 Å². The van der Waals surface area contributed by atoms with Crippen LogP contribution in [0.5, 0.6) is 0 Å². The van der Waals surface area contributed by atoms with Gasteiger partial charge in [-0.25, -0.2) is 0 Å². The lowest BCUT2D eigenvalue weighted by molar-refractivity contribution is 0.255. The normalized spacial score (nSPS) is 19.4. The summed E-state index contributed by atoms with van der Waals surface area (Å²) in [5, 5.41) is 0. The molecule has 1 aromatic carbocycles. The Balaban J connectivity index is 2.15. The minimum Gasteiger partial charge on any atom is -0.306 e. The molecular weight excluding hydrogens is 250 g/mol. The summed E-state index contributed by atoms with van der Waals surface area (Å²) in [6, 6.07) is 6.68. The highest BCUT2D eigenvalue weighted by atomic mass is 79.9. The van der Waals surface area contributed by atoms with Crippen LogP contribution in [0.4, 0.5) is 0 Å². The molecule has 0 atom stereocenters. The van der Waals surface area contributed by atoms with Crippen molar-refractivity contribution in [3.05, 3.63) is 33.8 Å². The van der Waals surface area contributed by atoms with Crippen LogP contribution in [0.25, 0.3) is 0 Å². The standard InChI is InChI=1S/C13H18BrN/c1-10-9-12(14)3-4-13(10)11-5-7-15(2)8-6-11/h3-4,9,11H,5-8H2,1-2H3. The monoisotopic (exact) mass is 267 g/mol. The fraction of sp³-hybridized carbons (Fsp3) is 0.538. The Morgan fingerprint density at radius 2 is 1.93 bits per heavy atom. The zero-order valence-corrected chi connectivity index (χ0v) is 11.0. The molecule has 82 valence electrons. The summed E-state index contributed by atoms with van der Waals surface area (Å²) < 4.78 is 1.19. The molecule has 2 rings (SSSR count). The molecule has 0 unspecified atom stereocenters. The van der Waals surface area contributed by atoms with Gasteiger partial charge in [-0.2, -0.15) is 0 Å². The number of piperidine rings is 1. The van der Waals surface area contributed by atoms with Gasteiger partial charge in [0.25, 0.3) is 0 Å². The van der Waals surface area contributed by atoms with Gasteiger partial charge in [0.2, 0.25) is 0 Å². The van der Waals surface area contributed by atoms with Crippen molar-refractivity contribution in [3.63, 3.8) is 0 Å². The Morgan fingerprint density at radius 1 is 1.27 bits per heavy atom.